The molecule has 5 heteroatoms. The van der Waals surface area contributed by atoms with Gasteiger partial charge in [0.1, 0.15) is 6.33 Å². The van der Waals surface area contributed by atoms with E-state index in [-0.39, 0.29) is 6.04 Å². The molecule has 0 aliphatic carbocycles. The maximum Gasteiger partial charge on any atom is 0.163 e. The van der Waals surface area contributed by atoms with Gasteiger partial charge in [0.2, 0.25) is 0 Å². The van der Waals surface area contributed by atoms with Gasteiger partial charge in [-0.05, 0) is 17.5 Å². The normalized spacial score (nSPS) is 18.4. The summed E-state index contributed by atoms with van der Waals surface area (Å²) in [7, 11) is 0. The molecular formula is C14H13N5. The molecule has 0 saturated heterocycles. The zero-order chi connectivity index (χ0) is 12.7. The molecule has 3 aromatic rings. The topological polar surface area (TPSA) is 55.1 Å². The molecule has 0 bridgehead atoms. The second-order valence-electron chi connectivity index (χ2n) is 4.77. The standard InChI is InChI=1S/C14H13N5/c1-2-4-11-8-16-12(7-10(11)3-1)14-18-17-13-5-6-15-9-19(13)14/h1-6,9,12,16H,7-8H2. The van der Waals surface area contributed by atoms with E-state index in [1.165, 1.54) is 11.1 Å². The fourth-order valence-corrected chi connectivity index (χ4v) is 2.64. The van der Waals surface area contributed by atoms with Crippen LogP contribution in [-0.4, -0.2) is 19.6 Å². The van der Waals surface area contributed by atoms with Gasteiger partial charge < -0.3 is 5.32 Å². The molecule has 0 radical (unpaired) electrons. The first-order valence-corrected chi connectivity index (χ1v) is 6.36. The van der Waals surface area contributed by atoms with Gasteiger partial charge in [-0.15, -0.1) is 10.2 Å². The summed E-state index contributed by atoms with van der Waals surface area (Å²) >= 11 is 0. The molecule has 0 amide bonds. The molecule has 2 aromatic heterocycles. The summed E-state index contributed by atoms with van der Waals surface area (Å²) in [6, 6.07) is 10.6. The van der Waals surface area contributed by atoms with Crippen LogP contribution in [0.4, 0.5) is 0 Å². The minimum Gasteiger partial charge on any atom is -0.303 e. The number of rotatable bonds is 1. The van der Waals surface area contributed by atoms with Crippen LogP contribution in [0.3, 0.4) is 0 Å². The van der Waals surface area contributed by atoms with Gasteiger partial charge in [-0.2, -0.15) is 0 Å². The molecule has 3 heterocycles. The second kappa shape index (κ2) is 4.13. The van der Waals surface area contributed by atoms with Crippen molar-refractivity contribution in [1.82, 2.24) is 24.9 Å². The van der Waals surface area contributed by atoms with Crippen molar-refractivity contribution in [3.63, 3.8) is 0 Å². The average Bonchev–Trinajstić information content (AvgIpc) is 2.91. The molecule has 0 spiro atoms. The summed E-state index contributed by atoms with van der Waals surface area (Å²) in [5, 5.41) is 12.0. The van der Waals surface area contributed by atoms with E-state index in [0.29, 0.717) is 0 Å². The summed E-state index contributed by atoms with van der Waals surface area (Å²) in [6.07, 6.45) is 4.44. The predicted molar refractivity (Wildman–Crippen MR) is 70.5 cm³/mol. The van der Waals surface area contributed by atoms with Crippen molar-refractivity contribution in [1.29, 1.82) is 0 Å². The first kappa shape index (κ1) is 10.6. The highest BCUT2D eigenvalue weighted by atomic mass is 15.3. The minimum absolute atomic E-state index is 0.189. The van der Waals surface area contributed by atoms with Crippen LogP contribution >= 0.6 is 0 Å². The quantitative estimate of drug-likeness (QED) is 0.712. The maximum atomic E-state index is 4.30. The zero-order valence-electron chi connectivity index (χ0n) is 10.3. The Kier molecular flexibility index (Phi) is 2.31. The van der Waals surface area contributed by atoms with Crippen LogP contribution < -0.4 is 5.32 Å². The Morgan fingerprint density at radius 2 is 2.00 bits per heavy atom. The lowest BCUT2D eigenvalue weighted by molar-refractivity contribution is 0.472. The van der Waals surface area contributed by atoms with Gasteiger partial charge in [0.25, 0.3) is 0 Å². The van der Waals surface area contributed by atoms with Gasteiger partial charge in [-0.25, -0.2) is 4.98 Å². The SMILES string of the molecule is c1ccc2c(c1)CNC(c1nnc3ccncn13)C2. The van der Waals surface area contributed by atoms with Gasteiger partial charge >= 0.3 is 0 Å². The lowest BCUT2D eigenvalue weighted by Crippen LogP contribution is -2.30. The third-order valence-electron chi connectivity index (χ3n) is 3.63. The van der Waals surface area contributed by atoms with E-state index >= 15 is 0 Å². The summed E-state index contributed by atoms with van der Waals surface area (Å²) in [6.45, 7) is 0.871. The van der Waals surface area contributed by atoms with E-state index in [9.17, 15) is 0 Å². The number of nitrogens with one attached hydrogen (secondary N) is 1. The third-order valence-corrected chi connectivity index (χ3v) is 3.63. The molecule has 94 valence electrons. The highest BCUT2D eigenvalue weighted by Gasteiger charge is 2.23. The molecule has 1 atom stereocenters. The van der Waals surface area contributed by atoms with Crippen molar-refractivity contribution in [3.05, 3.63) is 59.8 Å². The van der Waals surface area contributed by atoms with Crippen LogP contribution in [0, 0.1) is 0 Å². The first-order valence-electron chi connectivity index (χ1n) is 6.36. The van der Waals surface area contributed by atoms with Crippen molar-refractivity contribution in [2.45, 2.75) is 19.0 Å². The Morgan fingerprint density at radius 3 is 2.95 bits per heavy atom. The van der Waals surface area contributed by atoms with Crippen LogP contribution in [0.1, 0.15) is 23.0 Å². The molecular weight excluding hydrogens is 238 g/mol. The van der Waals surface area contributed by atoms with Gasteiger partial charge in [0.05, 0.1) is 6.04 Å². The number of aromatic nitrogens is 4. The van der Waals surface area contributed by atoms with E-state index in [0.717, 1.165) is 24.4 Å². The van der Waals surface area contributed by atoms with Gasteiger partial charge in [0.15, 0.2) is 11.5 Å². The number of hydrogen-bond donors (Lipinski definition) is 1. The van der Waals surface area contributed by atoms with Crippen LogP contribution in [0.15, 0.2) is 42.9 Å². The third kappa shape index (κ3) is 1.70. The fraction of sp³-hybridized carbons (Fsp3) is 0.214. The molecule has 0 saturated carbocycles. The van der Waals surface area contributed by atoms with Crippen molar-refractivity contribution < 1.29 is 0 Å². The summed E-state index contributed by atoms with van der Waals surface area (Å²) in [4.78, 5) is 4.14. The molecule has 0 fully saturated rings. The Morgan fingerprint density at radius 1 is 1.11 bits per heavy atom. The molecule has 1 N–H and O–H groups in total. The minimum atomic E-state index is 0.189. The highest BCUT2D eigenvalue weighted by molar-refractivity contribution is 5.37. The van der Waals surface area contributed by atoms with Crippen LogP contribution in [-0.2, 0) is 13.0 Å². The van der Waals surface area contributed by atoms with Crippen LogP contribution in [0.5, 0.6) is 0 Å². The van der Waals surface area contributed by atoms with Crippen molar-refractivity contribution in [2.24, 2.45) is 0 Å². The molecule has 1 aromatic carbocycles. The Hall–Kier alpha value is -2.27. The summed E-state index contributed by atoms with van der Waals surface area (Å²) in [5.41, 5.74) is 3.59. The van der Waals surface area contributed by atoms with Gasteiger partial charge in [-0.3, -0.25) is 4.40 Å². The molecule has 1 aliphatic rings. The Labute approximate surface area is 110 Å². The van der Waals surface area contributed by atoms with E-state index in [4.69, 9.17) is 0 Å². The summed E-state index contributed by atoms with van der Waals surface area (Å²) < 4.78 is 1.95. The molecule has 4 rings (SSSR count). The van der Waals surface area contributed by atoms with Crippen molar-refractivity contribution in [2.75, 3.05) is 0 Å². The smallest absolute Gasteiger partial charge is 0.163 e. The highest BCUT2D eigenvalue weighted by Crippen LogP contribution is 2.24. The van der Waals surface area contributed by atoms with Gasteiger partial charge in [0, 0.05) is 18.8 Å². The van der Waals surface area contributed by atoms with E-state index in [2.05, 4.69) is 44.8 Å². The number of benzene rings is 1. The molecule has 1 aliphatic heterocycles. The maximum absolute atomic E-state index is 4.30. The Bertz CT molecular complexity index is 733. The van der Waals surface area contributed by atoms with Crippen LogP contribution in [0.2, 0.25) is 0 Å². The number of fused-ring (bicyclic) bond motifs is 2. The fourth-order valence-electron chi connectivity index (χ4n) is 2.64. The number of nitrogens with zero attached hydrogens (tertiary/aromatic N) is 4. The Balaban J connectivity index is 1.75. The predicted octanol–water partition coefficient (Wildman–Crippen LogP) is 1.51. The lowest BCUT2D eigenvalue weighted by Gasteiger charge is -2.24. The second-order valence-corrected chi connectivity index (χ2v) is 4.77. The van der Waals surface area contributed by atoms with E-state index in [1.807, 2.05) is 10.5 Å². The van der Waals surface area contributed by atoms with E-state index in [1.54, 1.807) is 12.5 Å². The van der Waals surface area contributed by atoms with Crippen LogP contribution in [0.25, 0.3) is 5.65 Å². The van der Waals surface area contributed by atoms with Crippen molar-refractivity contribution in [3.8, 4) is 0 Å². The molecule has 1 unspecified atom stereocenters. The zero-order valence-corrected chi connectivity index (χ0v) is 10.3. The first-order chi connectivity index (χ1) is 9.42. The average molecular weight is 251 g/mol. The number of hydrogen-bond acceptors (Lipinski definition) is 4. The molecule has 19 heavy (non-hydrogen) atoms. The van der Waals surface area contributed by atoms with Gasteiger partial charge in [-0.1, -0.05) is 24.3 Å². The van der Waals surface area contributed by atoms with Crippen molar-refractivity contribution >= 4 is 5.65 Å². The monoisotopic (exact) mass is 251 g/mol. The van der Waals surface area contributed by atoms with E-state index < -0.39 is 0 Å². The lowest BCUT2D eigenvalue weighted by atomic mass is 9.95. The summed E-state index contributed by atoms with van der Waals surface area (Å²) in [5.74, 6) is 0.928. The molecule has 5 nitrogen and oxygen atoms in total. The largest absolute Gasteiger partial charge is 0.303 e.